The molecule has 5 N–H and O–H groups in total. The summed E-state index contributed by atoms with van der Waals surface area (Å²) in [6, 6.07) is 24.0. The van der Waals surface area contributed by atoms with Gasteiger partial charge in [0.1, 0.15) is 38.8 Å². The maximum absolute atomic E-state index is 11.2. The highest BCUT2D eigenvalue weighted by molar-refractivity contribution is 6.40. The van der Waals surface area contributed by atoms with E-state index in [0.29, 0.717) is 82.1 Å². The largest absolute Gasteiger partial charge is 0.569 e. The van der Waals surface area contributed by atoms with Crippen molar-refractivity contribution in [2.75, 3.05) is 18.0 Å². The average Bonchev–Trinajstić information content (AvgIpc) is 1.60. The zero-order chi connectivity index (χ0) is 74.7. The quantitative estimate of drug-likeness (QED) is 0.0620. The van der Waals surface area contributed by atoms with Crippen molar-refractivity contribution in [1.29, 1.82) is 0 Å². The van der Waals surface area contributed by atoms with Crippen molar-refractivity contribution < 1.29 is 24.0 Å². The van der Waals surface area contributed by atoms with Crippen LogP contribution in [0.4, 0.5) is 5.82 Å². The predicted molar refractivity (Wildman–Crippen MR) is 420 cm³/mol. The van der Waals surface area contributed by atoms with E-state index in [9.17, 15) is 28.8 Å². The van der Waals surface area contributed by atoms with Crippen LogP contribution in [-0.4, -0.2) is 134 Å². The standard InChI is InChI=1S/C12H12Cl2N4.C9H12BO2.C7H2Cl3N3.2C7H3Cl2N3O.C7H3Cl2N3.C7H5N3O2.C7H3NO3.3CH4/c13-8-6-9-10(15-7-8)12(17-16-11(9)14)18-4-2-1-3-5-18;1-7(2)8-5-3-4-6-9(8)12-10-11;8-3-1-4-5(11-2-3)7(10)13-12-6(4)9;8-3-1-4-5(10-2-3)6(9)11-12-7(4)13;8-3-1-4-5(10-2-3)7(13)12-11-6(4)9;8-6-4-2-1-3-10-5(4)7(9)12-11-6;11-6-4-2-1-3-8-5(4)7(12)10-9-6;9-6-4-2-1-3-8-5(4)7(10)11-6;;;/h6-7H,1-5H2;3-7,11H,1-2H3;1-2H;2*1-2H,(H,12,13);1-3H;1-3H,(H,9,11)(H,10,12);1-3H;3*1H4. The summed E-state index contributed by atoms with van der Waals surface area (Å²) >= 11 is 63.5. The Kier molecular flexibility index (Phi) is 33.1. The Labute approximate surface area is 661 Å². The Hall–Kier alpha value is -9.54. The lowest BCUT2D eigenvalue weighted by Crippen LogP contribution is -2.30. The number of halogens is 11. The molecule has 16 rings (SSSR count). The Morgan fingerprint density at radius 3 is 1.47 bits per heavy atom. The molecule has 29 nitrogen and oxygen atoms in total. The number of H-pyrrole nitrogens is 4. The first-order valence-electron chi connectivity index (χ1n) is 29.6. The summed E-state index contributed by atoms with van der Waals surface area (Å²) in [5, 5.41) is 54.0. The van der Waals surface area contributed by atoms with Crippen LogP contribution < -0.4 is 31.8 Å². The molecule has 553 valence electrons. The van der Waals surface area contributed by atoms with Crippen molar-refractivity contribution in [1.82, 2.24) is 96.1 Å². The average molecular weight is 1670 g/mol. The molecule has 107 heavy (non-hydrogen) atoms. The highest BCUT2D eigenvalue weighted by Crippen LogP contribution is 2.32. The Bertz CT molecular complexity index is 5620. The van der Waals surface area contributed by atoms with Crippen LogP contribution in [-0.2, 0) is 4.74 Å². The van der Waals surface area contributed by atoms with Gasteiger partial charge in [-0.2, -0.15) is 10.2 Å². The van der Waals surface area contributed by atoms with E-state index in [1.807, 2.05) is 24.3 Å². The van der Waals surface area contributed by atoms with Crippen LogP contribution in [0, 0.1) is 0 Å². The number of fused-ring (bicyclic) bond motifs is 7. The molecule has 2 aliphatic heterocycles. The van der Waals surface area contributed by atoms with Gasteiger partial charge in [-0.25, -0.2) is 29.8 Å². The summed E-state index contributed by atoms with van der Waals surface area (Å²) in [7, 11) is 0.710. The number of rotatable bonds is 4. The summed E-state index contributed by atoms with van der Waals surface area (Å²) in [6.45, 7) is 6.16. The number of carbonyl (C=O) groups excluding carboxylic acids is 2. The summed E-state index contributed by atoms with van der Waals surface area (Å²) in [4.78, 5) is 95.8. The molecule has 0 aliphatic carbocycles. The molecule has 13 aromatic heterocycles. The number of nitrogens with one attached hydrogen (secondary N) is 4. The van der Waals surface area contributed by atoms with Gasteiger partial charge in [0.15, 0.2) is 47.6 Å². The summed E-state index contributed by atoms with van der Waals surface area (Å²) in [5.41, 5.74) is 2.64. The van der Waals surface area contributed by atoms with Crippen LogP contribution >= 0.6 is 128 Å². The van der Waals surface area contributed by atoms with E-state index in [-0.39, 0.29) is 92.6 Å². The van der Waals surface area contributed by atoms with Crippen LogP contribution in [0.3, 0.4) is 0 Å². The summed E-state index contributed by atoms with van der Waals surface area (Å²) in [5.74, 6) is 0.658. The van der Waals surface area contributed by atoms with Gasteiger partial charge in [-0.1, -0.05) is 182 Å². The van der Waals surface area contributed by atoms with Crippen LogP contribution in [0.5, 0.6) is 5.75 Å². The van der Waals surface area contributed by atoms with Crippen LogP contribution in [0.15, 0.2) is 147 Å². The molecule has 0 saturated carbocycles. The molecule has 1 radical (unpaired) electrons. The molecular weight excluding hydrogens is 1620 g/mol. The number of anilines is 1. The minimum Gasteiger partial charge on any atom is -0.537 e. The number of hydrogen-bond donors (Lipinski definition) is 5. The molecule has 14 aromatic rings. The maximum atomic E-state index is 11.2. The van der Waals surface area contributed by atoms with Gasteiger partial charge in [-0.3, -0.25) is 54.3 Å². The van der Waals surface area contributed by atoms with Gasteiger partial charge in [-0.15, -0.1) is 30.6 Å². The highest BCUT2D eigenvalue weighted by Gasteiger charge is 2.30. The topological polar surface area (TPSA) is 401 Å². The van der Waals surface area contributed by atoms with Crippen molar-refractivity contribution in [2.24, 2.45) is 0 Å². The van der Waals surface area contributed by atoms with Gasteiger partial charge >= 0.3 is 19.6 Å². The number of piperidine rings is 1. The minimum atomic E-state index is -0.661. The van der Waals surface area contributed by atoms with E-state index in [1.54, 1.807) is 60.9 Å². The number of esters is 2. The molecule has 0 atom stereocenters. The molecule has 1 aromatic carbocycles. The second-order valence-corrected chi connectivity index (χ2v) is 25.3. The molecule has 2 aliphatic rings. The zero-order valence-electron chi connectivity index (χ0n) is 52.8. The van der Waals surface area contributed by atoms with Crippen LogP contribution in [0.2, 0.25) is 56.2 Å². The third-order valence-electron chi connectivity index (χ3n) is 13.9. The summed E-state index contributed by atoms with van der Waals surface area (Å²) < 4.78 is 9.22. The molecule has 41 heteroatoms. The van der Waals surface area contributed by atoms with E-state index in [0.717, 1.165) is 46.5 Å². The van der Waals surface area contributed by atoms with E-state index in [2.05, 4.69) is 120 Å². The first kappa shape index (κ1) is 86.4. The highest BCUT2D eigenvalue weighted by atomic mass is 35.5. The van der Waals surface area contributed by atoms with Gasteiger partial charge < -0.3 is 19.3 Å². The first-order chi connectivity index (χ1) is 49.9. The van der Waals surface area contributed by atoms with Gasteiger partial charge in [0.05, 0.1) is 36.4 Å². The van der Waals surface area contributed by atoms with Crippen molar-refractivity contribution >= 4 is 218 Å². The van der Waals surface area contributed by atoms with E-state index in [4.69, 9.17) is 137 Å². The lowest BCUT2D eigenvalue weighted by Gasteiger charge is -2.27. The van der Waals surface area contributed by atoms with Crippen molar-refractivity contribution in [3.05, 3.63) is 243 Å². The van der Waals surface area contributed by atoms with Crippen LogP contribution in [0.1, 0.15) is 87.7 Å². The number of aromatic amines is 4. The molecule has 0 unspecified atom stereocenters. The molecule has 0 bridgehead atoms. The molecule has 0 amide bonds. The first-order valence-corrected chi connectivity index (χ1v) is 33.7. The SMILES string of the molecule is C.C.C.CC(C)c1ccccc1O[B]O.Clc1cnc2c(Cl)nnc(Cl)c2c1.Clc1cnc2c(N3CCCCC3)nnc(Cl)c2c1.Clc1nnc(Cl)c2ncccc12.O=C1OC(=O)c2ncccc21.O=c1[nH][nH]c(=O)c2ncccc12.O=c1[nH]nc(Cl)c2cc(Cl)cnc12.O=c1[nH]nc(Cl)c2ncc(Cl)cc12. The smallest absolute Gasteiger partial charge is 0.537 e. The Morgan fingerprint density at radius 2 is 0.888 bits per heavy atom. The van der Waals surface area contributed by atoms with Gasteiger partial charge in [0, 0.05) is 78.0 Å². The predicted octanol–water partition coefficient (Wildman–Crippen LogP) is 15.5. The van der Waals surface area contributed by atoms with Gasteiger partial charge in [0.2, 0.25) is 0 Å². The fourth-order valence-electron chi connectivity index (χ4n) is 9.19. The van der Waals surface area contributed by atoms with Crippen molar-refractivity contribution in [3.63, 3.8) is 0 Å². The second kappa shape index (κ2) is 41.0. The number of nitrogens with zero attached hydrogens (tertiary/aromatic N) is 16. The lowest BCUT2D eigenvalue weighted by atomic mass is 10.0. The molecule has 0 spiro atoms. The van der Waals surface area contributed by atoms with E-state index < -0.39 is 11.9 Å². The van der Waals surface area contributed by atoms with Crippen molar-refractivity contribution in [3.8, 4) is 5.75 Å². The van der Waals surface area contributed by atoms with Crippen LogP contribution in [0.25, 0.3) is 65.4 Å². The minimum absolute atomic E-state index is 0. The number of hydrogen-bond acceptors (Lipinski definition) is 25. The lowest BCUT2D eigenvalue weighted by molar-refractivity contribution is 0.0441. The maximum Gasteiger partial charge on any atom is 0.569 e. The number of pyridine rings is 7. The Balaban J connectivity index is 0.000000191. The van der Waals surface area contributed by atoms with Gasteiger partial charge in [-0.05, 0) is 97.5 Å². The normalized spacial score (nSPS) is 11.6. The fourth-order valence-corrected chi connectivity index (χ4v) is 11.1. The number of benzene rings is 1. The number of aromatic nitrogens is 19. The molecule has 1 saturated heterocycles. The Morgan fingerprint density at radius 1 is 0.439 bits per heavy atom. The van der Waals surface area contributed by atoms with Crippen molar-refractivity contribution in [2.45, 2.75) is 61.3 Å². The zero-order valence-corrected chi connectivity index (χ0v) is 61.2. The monoisotopic (exact) mass is 1670 g/mol. The molecule has 15 heterocycles. The molecule has 1 fully saturated rings. The second-order valence-electron chi connectivity index (χ2n) is 21.0. The number of ether oxygens (including phenoxy) is 1. The third kappa shape index (κ3) is 22.5. The summed E-state index contributed by atoms with van der Waals surface area (Å²) in [6.07, 6.45) is 14.1. The number of para-hydroxylation sites is 1. The fraction of sp³-hybridized carbons (Fsp3) is 0.167. The number of cyclic esters (lactones) is 2. The number of carbonyl (C=O) groups is 2. The molecular formula is C66H55BCl11N20O9. The third-order valence-corrected chi connectivity index (χ3v) is 16.6. The van der Waals surface area contributed by atoms with E-state index >= 15 is 0 Å². The van der Waals surface area contributed by atoms with E-state index in [1.165, 1.54) is 62.4 Å². The van der Waals surface area contributed by atoms with Gasteiger partial charge in [0.25, 0.3) is 22.2 Å².